The Bertz CT molecular complexity index is 3670. The summed E-state index contributed by atoms with van der Waals surface area (Å²) in [6.45, 7) is 0.884. The second-order valence-electron chi connectivity index (χ2n) is 22.2. The van der Waals surface area contributed by atoms with E-state index in [0.717, 1.165) is 24.0 Å². The van der Waals surface area contributed by atoms with Gasteiger partial charge in [0.05, 0.1) is 87.1 Å². The van der Waals surface area contributed by atoms with Crippen LogP contribution < -0.4 is 32.5 Å². The Kier molecular flexibility index (Phi) is 24.1. The summed E-state index contributed by atoms with van der Waals surface area (Å²) in [5.74, 6) is 0. The predicted octanol–water partition coefficient (Wildman–Crippen LogP) is 20.0. The van der Waals surface area contributed by atoms with E-state index in [1.54, 1.807) is 0 Å². The maximum absolute atomic E-state index is 14.2. The normalized spacial score (nSPS) is 14.2. The third kappa shape index (κ3) is 19.4. The number of rotatable bonds is 11. The number of aromatic nitrogens is 2. The van der Waals surface area contributed by atoms with Crippen LogP contribution in [0, 0.1) is 0 Å². The zero-order valence-electron chi connectivity index (χ0n) is 50.0. The van der Waals surface area contributed by atoms with Gasteiger partial charge in [-0.2, -0.15) is 132 Å². The quantitative estimate of drug-likeness (QED) is 0.0546. The monoisotopic (exact) mass is 1600 g/mol. The van der Waals surface area contributed by atoms with Gasteiger partial charge in [-0.3, -0.25) is 4.68 Å². The summed E-state index contributed by atoms with van der Waals surface area (Å²) >= 11 is 0. The molecule has 0 spiro atoms. The van der Waals surface area contributed by atoms with Crippen molar-refractivity contribution in [1.29, 1.82) is 0 Å². The fraction of sp³-hybridized carbons (Fsp3) is 0.203. The molecule has 0 amide bonds. The number of hydrogen-bond donors (Lipinski definition) is 0. The molecule has 1 heterocycles. The number of hydrogen-bond acceptors (Lipinski definition) is 1. The Labute approximate surface area is 558 Å². The van der Waals surface area contributed by atoms with Gasteiger partial charge < -0.3 is 0 Å². The van der Waals surface area contributed by atoms with E-state index in [-0.39, 0.29) is 20.1 Å². The fourth-order valence-electron chi connectivity index (χ4n) is 11.1. The maximum Gasteiger partial charge on any atom is 0.416 e. The molecule has 2 nitrogen and oxygen atoms in total. The number of nitrogens with zero attached hydrogens (tertiary/aromatic N) is 2. The third-order valence-electron chi connectivity index (χ3n) is 15.5. The number of allylic oxidation sites excluding steroid dienone is 4. The Morgan fingerprint density at radius 1 is 0.306 bits per heavy atom. The summed E-state index contributed by atoms with van der Waals surface area (Å²) in [6.07, 6.45) is -39.7. The Hall–Kier alpha value is -8.09. The molecule has 0 unspecified atom stereocenters. The molecule has 0 N–H and O–H groups in total. The minimum atomic E-state index is -6.13. The van der Waals surface area contributed by atoms with Crippen molar-refractivity contribution in [1.82, 2.24) is 9.78 Å². The molecule has 1 aliphatic rings. The molecular weight excluding hydrogens is 1550 g/mol. The van der Waals surface area contributed by atoms with E-state index < -0.39 is 203 Å². The van der Waals surface area contributed by atoms with Crippen molar-refractivity contribution < 1.29 is 125 Å². The zero-order valence-corrected chi connectivity index (χ0v) is 53.4. The Balaban J connectivity index is 0.000000273. The van der Waals surface area contributed by atoms with Crippen molar-refractivity contribution in [3.63, 3.8) is 0 Å². The number of halogens is 24. The molecule has 1 aromatic heterocycles. The molecule has 0 saturated carbocycles. The molecule has 1 radical (unpaired) electrons. The maximum atomic E-state index is 14.2. The van der Waals surface area contributed by atoms with E-state index in [9.17, 15) is 105 Å². The van der Waals surface area contributed by atoms with Crippen LogP contribution in [0.3, 0.4) is 0 Å². The number of benzene rings is 8. The van der Waals surface area contributed by atoms with Gasteiger partial charge in [-0.05, 0) is 85.8 Å². The number of alkyl halides is 24. The first-order valence-electron chi connectivity index (χ1n) is 29.0. The smallest absolute Gasteiger partial charge is 0.261 e. The first-order valence-corrected chi connectivity index (χ1v) is 30.7. The molecule has 0 atom stereocenters. The summed E-state index contributed by atoms with van der Waals surface area (Å²) in [4.78, 5) is 0. The van der Waals surface area contributed by atoms with Gasteiger partial charge in [0, 0.05) is 25.7 Å². The second kappa shape index (κ2) is 30.6. The molecule has 9 aromatic rings. The molecule has 29 heteroatoms. The van der Waals surface area contributed by atoms with Crippen LogP contribution in [0.5, 0.6) is 0 Å². The summed E-state index contributed by atoms with van der Waals surface area (Å²) < 4.78 is 343. The first-order chi connectivity index (χ1) is 45.1. The van der Waals surface area contributed by atoms with Gasteiger partial charge in [0.15, 0.2) is 0 Å². The largest absolute Gasteiger partial charge is 0.416 e. The summed E-state index contributed by atoms with van der Waals surface area (Å²) in [7, 11) is -0.911. The molecule has 0 saturated heterocycles. The molecule has 0 fully saturated rings. The Morgan fingerprint density at radius 2 is 0.541 bits per heavy atom. The summed E-state index contributed by atoms with van der Waals surface area (Å²) in [5.41, 5.74) is -25.6. The van der Waals surface area contributed by atoms with Gasteiger partial charge in [0.2, 0.25) is 0 Å². The van der Waals surface area contributed by atoms with Crippen LogP contribution in [0.1, 0.15) is 70.2 Å². The topological polar surface area (TPSA) is 17.8 Å². The molecule has 1 aliphatic carbocycles. The van der Waals surface area contributed by atoms with E-state index in [4.69, 9.17) is 5.10 Å². The van der Waals surface area contributed by atoms with Crippen LogP contribution in [0.2, 0.25) is 0 Å². The van der Waals surface area contributed by atoms with Gasteiger partial charge in [-0.25, -0.2) is 0 Å². The zero-order chi connectivity index (χ0) is 71.2. The average molecular weight is 1600 g/mol. The summed E-state index contributed by atoms with van der Waals surface area (Å²) in [5, 5.41) is 7.94. The van der Waals surface area contributed by atoms with Gasteiger partial charge in [-0.1, -0.05) is 170 Å². The van der Waals surface area contributed by atoms with Crippen LogP contribution in [0.25, 0.3) is 22.5 Å². The SMILES string of the molecule is C1=C\CC/C=C\CC/1.FC(F)(F)c1cc([B-](c2cc(C(F)(F)F)cc(C(F)(F)F)c2)(c2cc(C(F)(F)F)cc(C(F)(F)F)c2)c2cc(C(F)(F)F)cc(C(F)(F)F)c2)cc(C(F)(F)F)c1.[Ir].c1ccc(-c2cc(-c3ccccc3)n(CC[PH+](c3ccccc3)c3ccccc3)n2)cc1. The van der Waals surface area contributed by atoms with Crippen molar-refractivity contribution in [3.8, 4) is 22.5 Å². The second-order valence-corrected chi connectivity index (χ2v) is 24.8. The standard InChI is InChI=1S/C32H12BF24.C29H25N2P.C8H12.Ir/c34-25(35,36)13-1-14(26(37,38)39)6-21(5-13)33(22-7-15(27(40,41)42)2-16(8-22)28(43,44)45,23-9-17(29(46,47)48)3-18(10-23)30(49,50)51)24-11-19(31(52,53)54)4-20(12-24)32(55,56)57;1-5-13-24(14-6-1)28-23-29(25-15-7-2-8-16-25)31(30-28)21-22-32(26-17-9-3-10-18-26)27-19-11-4-12-20-27;1-2-4-6-8-7-5-3-1;/h1-12H;1-20,23H,21-22H2;1-2,7-8H,3-6H2;/q-1;;;/p+1/b;;2-1-,8-7-;. The van der Waals surface area contributed by atoms with Gasteiger partial charge in [-0.15, -0.1) is 0 Å². The van der Waals surface area contributed by atoms with Crippen LogP contribution >= 0.6 is 7.92 Å². The van der Waals surface area contributed by atoms with E-state index in [0.29, 0.717) is 0 Å². The van der Waals surface area contributed by atoms with Crippen LogP contribution in [-0.2, 0) is 76.1 Å². The average Bonchev–Trinajstić information content (AvgIpc) is 0.771. The fourth-order valence-corrected chi connectivity index (χ4v) is 13.6. The van der Waals surface area contributed by atoms with Crippen molar-refractivity contribution in [3.05, 3.63) is 269 Å². The minimum absolute atomic E-state index is 0. The molecule has 98 heavy (non-hydrogen) atoms. The van der Waals surface area contributed by atoms with Crippen molar-refractivity contribution in [2.75, 3.05) is 6.16 Å². The molecule has 8 aromatic carbocycles. The summed E-state index contributed by atoms with van der Waals surface area (Å²) in [6, 6.07) is 36.4. The van der Waals surface area contributed by atoms with Crippen LogP contribution in [-0.4, -0.2) is 22.1 Å². The molecule has 0 aliphatic heterocycles. The third-order valence-corrected chi connectivity index (χ3v) is 18.3. The molecular formula is C69H50BF24IrN2P. The van der Waals surface area contributed by atoms with Crippen LogP contribution in [0.4, 0.5) is 105 Å². The van der Waals surface area contributed by atoms with Crippen molar-refractivity contribution in [2.45, 2.75) is 81.6 Å². The van der Waals surface area contributed by atoms with E-state index in [2.05, 4.69) is 150 Å². The van der Waals surface area contributed by atoms with E-state index in [1.165, 1.54) is 47.5 Å². The van der Waals surface area contributed by atoms with Gasteiger partial charge in [0.1, 0.15) is 6.15 Å². The van der Waals surface area contributed by atoms with Gasteiger partial charge in [0.25, 0.3) is 0 Å². The van der Waals surface area contributed by atoms with E-state index in [1.807, 2.05) is 6.07 Å². The molecule has 521 valence electrons. The van der Waals surface area contributed by atoms with Crippen LogP contribution in [0.15, 0.2) is 224 Å². The number of aryl methyl sites for hydroxylation is 1. The molecule has 10 rings (SSSR count). The predicted molar refractivity (Wildman–Crippen MR) is 325 cm³/mol. The van der Waals surface area contributed by atoms with E-state index >= 15 is 0 Å². The van der Waals surface area contributed by atoms with Crippen molar-refractivity contribution >= 4 is 46.5 Å². The molecule has 0 bridgehead atoms. The first kappa shape index (κ1) is 77.3. The van der Waals surface area contributed by atoms with Crippen molar-refractivity contribution in [2.24, 2.45) is 0 Å². The van der Waals surface area contributed by atoms with Gasteiger partial charge >= 0.3 is 49.4 Å². The Morgan fingerprint density at radius 3 is 0.786 bits per heavy atom. The minimum Gasteiger partial charge on any atom is -0.261 e.